The van der Waals surface area contributed by atoms with Gasteiger partial charge in [0.15, 0.2) is 9.84 Å². The molecule has 1 saturated heterocycles. The van der Waals surface area contributed by atoms with Crippen LogP contribution in [0.3, 0.4) is 0 Å². The average Bonchev–Trinajstić information content (AvgIpc) is 2.00. The van der Waals surface area contributed by atoms with Crippen molar-refractivity contribution in [3.63, 3.8) is 0 Å². The Labute approximate surface area is 84.1 Å². The number of nitrogens with one attached hydrogen (secondary N) is 1. The lowest BCUT2D eigenvalue weighted by atomic mass is 10.2. The summed E-state index contributed by atoms with van der Waals surface area (Å²) >= 11 is 0. The van der Waals surface area contributed by atoms with Crippen LogP contribution in [0.1, 0.15) is 5.56 Å². The van der Waals surface area contributed by atoms with Gasteiger partial charge in [0.05, 0.1) is 10.1 Å². The van der Waals surface area contributed by atoms with Gasteiger partial charge < -0.3 is 5.32 Å². The summed E-state index contributed by atoms with van der Waals surface area (Å²) in [7, 11) is -3.08. The maximum absolute atomic E-state index is 11.9. The highest BCUT2D eigenvalue weighted by Gasteiger charge is 2.32. The molecule has 0 aromatic heterocycles. The summed E-state index contributed by atoms with van der Waals surface area (Å²) in [5.41, 5.74) is 1.08. The van der Waals surface area contributed by atoms with E-state index < -0.39 is 9.84 Å². The number of sulfone groups is 1. The van der Waals surface area contributed by atoms with E-state index in [4.69, 9.17) is 0 Å². The zero-order valence-corrected chi connectivity index (χ0v) is 8.84. The summed E-state index contributed by atoms with van der Waals surface area (Å²) in [4.78, 5) is 0.439. The first-order valence-corrected chi connectivity index (χ1v) is 6.16. The van der Waals surface area contributed by atoms with Crippen LogP contribution < -0.4 is 5.32 Å². The van der Waals surface area contributed by atoms with Crippen LogP contribution in [-0.4, -0.2) is 26.8 Å². The summed E-state index contributed by atoms with van der Waals surface area (Å²) in [6.07, 6.45) is 0. The molecule has 1 aromatic rings. The molecule has 1 heterocycles. The fraction of sp³-hybridized carbons (Fsp3) is 0.400. The molecule has 2 rings (SSSR count). The molecule has 76 valence electrons. The first-order valence-electron chi connectivity index (χ1n) is 4.62. The van der Waals surface area contributed by atoms with E-state index in [1.807, 2.05) is 19.1 Å². The fourth-order valence-corrected chi connectivity index (χ4v) is 2.98. The van der Waals surface area contributed by atoms with E-state index in [0.29, 0.717) is 18.0 Å². The van der Waals surface area contributed by atoms with Crippen LogP contribution in [-0.2, 0) is 9.84 Å². The average molecular weight is 211 g/mol. The van der Waals surface area contributed by atoms with E-state index >= 15 is 0 Å². The maximum atomic E-state index is 11.9. The Bertz CT molecular complexity index is 418. The lowest BCUT2D eigenvalue weighted by Crippen LogP contribution is -2.51. The van der Waals surface area contributed by atoms with E-state index in [9.17, 15) is 8.42 Å². The van der Waals surface area contributed by atoms with Crippen LogP contribution >= 0.6 is 0 Å². The van der Waals surface area contributed by atoms with Gasteiger partial charge in [0.2, 0.25) is 0 Å². The standard InChI is InChI=1S/C10H13NO2S/c1-8-2-4-9(5-3-8)14(12,13)10-6-11-7-10/h2-5,10-11H,6-7H2,1H3. The summed E-state index contributed by atoms with van der Waals surface area (Å²) in [5.74, 6) is 0. The SMILES string of the molecule is Cc1ccc(S(=O)(=O)C2CNC2)cc1. The molecular weight excluding hydrogens is 198 g/mol. The minimum atomic E-state index is -3.08. The number of aryl methyl sites for hydroxylation is 1. The monoisotopic (exact) mass is 211 g/mol. The van der Waals surface area contributed by atoms with E-state index in [1.165, 1.54) is 0 Å². The third-order valence-corrected chi connectivity index (χ3v) is 4.67. The van der Waals surface area contributed by atoms with Crippen molar-refractivity contribution in [1.29, 1.82) is 0 Å². The molecule has 14 heavy (non-hydrogen) atoms. The van der Waals surface area contributed by atoms with Gasteiger partial charge in [-0.05, 0) is 19.1 Å². The normalized spacial score (nSPS) is 17.8. The lowest BCUT2D eigenvalue weighted by Gasteiger charge is -2.26. The topological polar surface area (TPSA) is 46.2 Å². The van der Waals surface area contributed by atoms with E-state index in [1.54, 1.807) is 12.1 Å². The van der Waals surface area contributed by atoms with Gasteiger partial charge >= 0.3 is 0 Å². The van der Waals surface area contributed by atoms with Crippen LogP contribution in [0.5, 0.6) is 0 Å². The molecule has 0 saturated carbocycles. The van der Waals surface area contributed by atoms with Crippen molar-refractivity contribution in [3.05, 3.63) is 29.8 Å². The van der Waals surface area contributed by atoms with E-state index in [0.717, 1.165) is 5.56 Å². The summed E-state index contributed by atoms with van der Waals surface area (Å²) in [6.45, 7) is 3.10. The van der Waals surface area contributed by atoms with E-state index in [-0.39, 0.29) is 5.25 Å². The molecule has 1 aromatic carbocycles. The molecule has 1 fully saturated rings. The van der Waals surface area contributed by atoms with Gasteiger partial charge in [-0.3, -0.25) is 0 Å². The van der Waals surface area contributed by atoms with Crippen molar-refractivity contribution in [1.82, 2.24) is 5.32 Å². The quantitative estimate of drug-likeness (QED) is 0.785. The molecule has 0 atom stereocenters. The van der Waals surface area contributed by atoms with Gasteiger partial charge in [0.25, 0.3) is 0 Å². The highest BCUT2D eigenvalue weighted by Crippen LogP contribution is 2.18. The van der Waals surface area contributed by atoms with Crippen LogP contribution in [0.2, 0.25) is 0 Å². The highest BCUT2D eigenvalue weighted by atomic mass is 32.2. The third-order valence-electron chi connectivity index (χ3n) is 2.53. The molecule has 0 amide bonds. The van der Waals surface area contributed by atoms with Crippen LogP contribution in [0.25, 0.3) is 0 Å². The van der Waals surface area contributed by atoms with Gasteiger partial charge in [-0.2, -0.15) is 0 Å². The first kappa shape index (κ1) is 9.68. The number of hydrogen-bond acceptors (Lipinski definition) is 3. The predicted octanol–water partition coefficient (Wildman–Crippen LogP) is 0.741. The minimum absolute atomic E-state index is 0.231. The maximum Gasteiger partial charge on any atom is 0.183 e. The Morgan fingerprint density at radius 3 is 2.21 bits per heavy atom. The van der Waals surface area contributed by atoms with Crippen molar-refractivity contribution >= 4 is 9.84 Å². The zero-order valence-electron chi connectivity index (χ0n) is 8.03. The molecule has 0 bridgehead atoms. The molecule has 4 heteroatoms. The second-order valence-electron chi connectivity index (χ2n) is 3.64. The number of hydrogen-bond donors (Lipinski definition) is 1. The zero-order chi connectivity index (χ0) is 10.2. The summed E-state index contributed by atoms with van der Waals surface area (Å²) in [5, 5.41) is 2.74. The summed E-state index contributed by atoms with van der Waals surface area (Å²) < 4.78 is 23.8. The Kier molecular flexibility index (Phi) is 2.33. The molecule has 0 aliphatic carbocycles. The van der Waals surface area contributed by atoms with Gasteiger partial charge in [0, 0.05) is 13.1 Å². The first-order chi connectivity index (χ1) is 6.60. The minimum Gasteiger partial charge on any atom is -0.314 e. The fourth-order valence-electron chi connectivity index (χ4n) is 1.40. The Morgan fingerprint density at radius 2 is 1.79 bits per heavy atom. The van der Waals surface area contributed by atoms with Crippen molar-refractivity contribution in [2.24, 2.45) is 0 Å². The van der Waals surface area contributed by atoms with Crippen molar-refractivity contribution in [2.75, 3.05) is 13.1 Å². The second-order valence-corrected chi connectivity index (χ2v) is 5.87. The molecule has 0 spiro atoms. The van der Waals surface area contributed by atoms with Gasteiger partial charge in [0.1, 0.15) is 0 Å². The van der Waals surface area contributed by atoms with Crippen LogP contribution in [0, 0.1) is 6.92 Å². The third kappa shape index (κ3) is 1.55. The lowest BCUT2D eigenvalue weighted by molar-refractivity contribution is 0.495. The Balaban J connectivity index is 2.34. The van der Waals surface area contributed by atoms with Crippen molar-refractivity contribution < 1.29 is 8.42 Å². The van der Waals surface area contributed by atoms with Gasteiger partial charge in [-0.15, -0.1) is 0 Å². The number of rotatable bonds is 2. The van der Waals surface area contributed by atoms with Gasteiger partial charge in [-0.1, -0.05) is 17.7 Å². The Hall–Kier alpha value is -0.870. The summed E-state index contributed by atoms with van der Waals surface area (Å²) in [6, 6.07) is 7.03. The second kappa shape index (κ2) is 3.37. The van der Waals surface area contributed by atoms with Crippen molar-refractivity contribution in [2.45, 2.75) is 17.1 Å². The Morgan fingerprint density at radius 1 is 1.21 bits per heavy atom. The molecule has 1 aliphatic heterocycles. The molecule has 0 radical (unpaired) electrons. The molecule has 0 unspecified atom stereocenters. The smallest absolute Gasteiger partial charge is 0.183 e. The highest BCUT2D eigenvalue weighted by molar-refractivity contribution is 7.92. The number of benzene rings is 1. The van der Waals surface area contributed by atoms with Gasteiger partial charge in [-0.25, -0.2) is 8.42 Å². The largest absolute Gasteiger partial charge is 0.314 e. The van der Waals surface area contributed by atoms with Crippen LogP contribution in [0.15, 0.2) is 29.2 Å². The molecule has 3 nitrogen and oxygen atoms in total. The van der Waals surface area contributed by atoms with Crippen LogP contribution in [0.4, 0.5) is 0 Å². The molecule has 1 N–H and O–H groups in total. The molecule has 1 aliphatic rings. The predicted molar refractivity (Wildman–Crippen MR) is 55.0 cm³/mol. The van der Waals surface area contributed by atoms with E-state index in [2.05, 4.69) is 5.32 Å². The molecular formula is C10H13NO2S. The van der Waals surface area contributed by atoms with Crippen molar-refractivity contribution in [3.8, 4) is 0 Å².